The molecule has 0 aromatic heterocycles. The molecule has 122 valence electrons. The zero-order valence-corrected chi connectivity index (χ0v) is 13.5. The zero-order chi connectivity index (χ0) is 15.2. The molecule has 0 bridgehead atoms. The number of aliphatic carboxylic acids is 1. The Labute approximate surface area is 128 Å². The van der Waals surface area contributed by atoms with Gasteiger partial charge in [-0.1, -0.05) is 0 Å². The lowest BCUT2D eigenvalue weighted by Gasteiger charge is -2.39. The van der Waals surface area contributed by atoms with Gasteiger partial charge >= 0.3 is 5.97 Å². The summed E-state index contributed by atoms with van der Waals surface area (Å²) >= 11 is 0. The molecule has 0 spiro atoms. The summed E-state index contributed by atoms with van der Waals surface area (Å²) < 4.78 is 5.91. The molecule has 5 nitrogen and oxygen atoms in total. The maximum atomic E-state index is 10.6. The van der Waals surface area contributed by atoms with Gasteiger partial charge in [-0.3, -0.25) is 9.69 Å². The van der Waals surface area contributed by atoms with Crippen LogP contribution in [-0.4, -0.2) is 72.4 Å². The first-order chi connectivity index (χ1) is 10.0. The molecule has 2 heterocycles. The number of likely N-dealkylation sites (tertiary alicyclic amines) is 1. The number of rotatable bonds is 6. The summed E-state index contributed by atoms with van der Waals surface area (Å²) in [5, 5.41) is 8.75. The normalized spacial score (nSPS) is 26.3. The van der Waals surface area contributed by atoms with E-state index in [4.69, 9.17) is 9.84 Å². The Morgan fingerprint density at radius 1 is 1.29 bits per heavy atom. The van der Waals surface area contributed by atoms with Crippen molar-refractivity contribution in [1.82, 2.24) is 9.80 Å². The van der Waals surface area contributed by atoms with Crippen LogP contribution >= 0.6 is 0 Å². The summed E-state index contributed by atoms with van der Waals surface area (Å²) in [5.41, 5.74) is 0. The van der Waals surface area contributed by atoms with Crippen LogP contribution in [0.2, 0.25) is 0 Å². The second-order valence-corrected chi connectivity index (χ2v) is 6.76. The number of piperidine rings is 1. The lowest BCUT2D eigenvalue weighted by Crippen LogP contribution is -2.50. The van der Waals surface area contributed by atoms with E-state index in [1.165, 1.54) is 0 Å². The van der Waals surface area contributed by atoms with E-state index in [2.05, 4.69) is 23.6 Å². The third-order valence-electron chi connectivity index (χ3n) is 4.84. The van der Waals surface area contributed by atoms with Crippen molar-refractivity contribution >= 4 is 5.97 Å². The standard InChI is InChI=1S/C16H30N2O3/c1-13(2)18-9-10-21-15(12-18)11-17-7-5-14(6-8-17)3-4-16(19)20/h13-15H,3-12H2,1-2H3,(H,19,20). The van der Waals surface area contributed by atoms with Gasteiger partial charge in [0.2, 0.25) is 0 Å². The van der Waals surface area contributed by atoms with Crippen LogP contribution in [0.25, 0.3) is 0 Å². The number of hydrogen-bond donors (Lipinski definition) is 1. The molecule has 2 rings (SSSR count). The maximum absolute atomic E-state index is 10.6. The Balaban J connectivity index is 1.67. The van der Waals surface area contributed by atoms with Crippen LogP contribution in [-0.2, 0) is 9.53 Å². The smallest absolute Gasteiger partial charge is 0.303 e. The number of carboxylic acid groups (broad SMARTS) is 1. The summed E-state index contributed by atoms with van der Waals surface area (Å²) in [4.78, 5) is 15.6. The van der Waals surface area contributed by atoms with Crippen molar-refractivity contribution in [2.75, 3.05) is 39.3 Å². The minimum absolute atomic E-state index is 0.319. The van der Waals surface area contributed by atoms with E-state index in [1.807, 2.05) is 0 Å². The van der Waals surface area contributed by atoms with Crippen molar-refractivity contribution in [3.8, 4) is 0 Å². The number of carbonyl (C=O) groups is 1. The molecule has 2 saturated heterocycles. The van der Waals surface area contributed by atoms with Gasteiger partial charge in [0.15, 0.2) is 0 Å². The minimum Gasteiger partial charge on any atom is -0.481 e. The van der Waals surface area contributed by atoms with Gasteiger partial charge in [0, 0.05) is 32.1 Å². The third-order valence-corrected chi connectivity index (χ3v) is 4.84. The first-order valence-corrected chi connectivity index (χ1v) is 8.34. The molecule has 0 amide bonds. The summed E-state index contributed by atoms with van der Waals surface area (Å²) in [7, 11) is 0. The van der Waals surface area contributed by atoms with Crippen LogP contribution in [0.4, 0.5) is 0 Å². The molecule has 5 heteroatoms. The SMILES string of the molecule is CC(C)N1CCOC(CN2CCC(CCC(=O)O)CC2)C1. The van der Waals surface area contributed by atoms with Gasteiger partial charge in [0.25, 0.3) is 0 Å². The Hall–Kier alpha value is -0.650. The third kappa shape index (κ3) is 5.57. The van der Waals surface area contributed by atoms with Crippen molar-refractivity contribution in [3.05, 3.63) is 0 Å². The number of nitrogens with zero attached hydrogens (tertiary/aromatic N) is 2. The molecule has 0 saturated carbocycles. The fourth-order valence-corrected chi connectivity index (χ4v) is 3.39. The van der Waals surface area contributed by atoms with Gasteiger partial charge in [0.1, 0.15) is 0 Å². The molecule has 1 atom stereocenters. The molecule has 2 aliphatic rings. The molecule has 0 aromatic rings. The van der Waals surface area contributed by atoms with Crippen LogP contribution < -0.4 is 0 Å². The van der Waals surface area contributed by atoms with Gasteiger partial charge in [-0.05, 0) is 52.1 Å². The van der Waals surface area contributed by atoms with Crippen LogP contribution in [0.3, 0.4) is 0 Å². The molecule has 2 aliphatic heterocycles. The van der Waals surface area contributed by atoms with Crippen molar-refractivity contribution in [1.29, 1.82) is 0 Å². The molecule has 2 fully saturated rings. The summed E-state index contributed by atoms with van der Waals surface area (Å²) in [5.74, 6) is -0.0707. The molecular weight excluding hydrogens is 268 g/mol. The van der Waals surface area contributed by atoms with E-state index in [1.54, 1.807) is 0 Å². The maximum Gasteiger partial charge on any atom is 0.303 e. The first kappa shape index (κ1) is 16.7. The molecule has 1 N–H and O–H groups in total. The van der Waals surface area contributed by atoms with Crippen LogP contribution in [0.15, 0.2) is 0 Å². The predicted octanol–water partition coefficient (Wildman–Crippen LogP) is 1.67. The highest BCUT2D eigenvalue weighted by Crippen LogP contribution is 2.22. The lowest BCUT2D eigenvalue weighted by molar-refractivity contribution is -0.137. The fourth-order valence-electron chi connectivity index (χ4n) is 3.39. The largest absolute Gasteiger partial charge is 0.481 e. The van der Waals surface area contributed by atoms with Crippen molar-refractivity contribution in [2.45, 2.75) is 51.7 Å². The Bertz CT molecular complexity index is 327. The number of morpholine rings is 1. The van der Waals surface area contributed by atoms with Crippen molar-refractivity contribution < 1.29 is 14.6 Å². The summed E-state index contributed by atoms with van der Waals surface area (Å²) in [6, 6.07) is 0.596. The van der Waals surface area contributed by atoms with Gasteiger partial charge < -0.3 is 14.7 Å². The van der Waals surface area contributed by atoms with E-state index in [-0.39, 0.29) is 0 Å². The first-order valence-electron chi connectivity index (χ1n) is 8.34. The van der Waals surface area contributed by atoms with Gasteiger partial charge in [-0.15, -0.1) is 0 Å². The van der Waals surface area contributed by atoms with Crippen LogP contribution in [0.5, 0.6) is 0 Å². The average Bonchev–Trinajstić information content (AvgIpc) is 2.47. The molecule has 0 aromatic carbocycles. The van der Waals surface area contributed by atoms with Gasteiger partial charge in [-0.25, -0.2) is 0 Å². The Morgan fingerprint density at radius 2 is 2.00 bits per heavy atom. The van der Waals surface area contributed by atoms with E-state index in [0.717, 1.165) is 58.6 Å². The second kappa shape index (κ2) is 8.11. The highest BCUT2D eigenvalue weighted by Gasteiger charge is 2.26. The monoisotopic (exact) mass is 298 g/mol. The highest BCUT2D eigenvalue weighted by atomic mass is 16.5. The Morgan fingerprint density at radius 3 is 2.62 bits per heavy atom. The van der Waals surface area contributed by atoms with Crippen LogP contribution in [0.1, 0.15) is 39.5 Å². The lowest BCUT2D eigenvalue weighted by atomic mass is 9.92. The number of hydrogen-bond acceptors (Lipinski definition) is 4. The molecule has 0 radical (unpaired) electrons. The number of carboxylic acids is 1. The second-order valence-electron chi connectivity index (χ2n) is 6.76. The molecular formula is C16H30N2O3. The average molecular weight is 298 g/mol. The van der Waals surface area contributed by atoms with E-state index in [0.29, 0.717) is 24.5 Å². The zero-order valence-electron chi connectivity index (χ0n) is 13.5. The minimum atomic E-state index is -0.665. The van der Waals surface area contributed by atoms with Crippen molar-refractivity contribution in [2.24, 2.45) is 5.92 Å². The number of ether oxygens (including phenoxy) is 1. The quantitative estimate of drug-likeness (QED) is 0.808. The topological polar surface area (TPSA) is 53.0 Å². The molecule has 1 unspecified atom stereocenters. The molecule has 0 aliphatic carbocycles. The van der Waals surface area contributed by atoms with E-state index in [9.17, 15) is 4.79 Å². The summed E-state index contributed by atoms with van der Waals surface area (Å²) in [6.45, 7) is 10.6. The van der Waals surface area contributed by atoms with Gasteiger partial charge in [-0.2, -0.15) is 0 Å². The van der Waals surface area contributed by atoms with Crippen LogP contribution in [0, 0.1) is 5.92 Å². The highest BCUT2D eigenvalue weighted by molar-refractivity contribution is 5.66. The molecule has 21 heavy (non-hydrogen) atoms. The summed E-state index contributed by atoms with van der Waals surface area (Å²) in [6.07, 6.45) is 3.75. The van der Waals surface area contributed by atoms with E-state index < -0.39 is 5.97 Å². The fraction of sp³-hybridized carbons (Fsp3) is 0.938. The Kier molecular flexibility index (Phi) is 6.45. The van der Waals surface area contributed by atoms with Crippen molar-refractivity contribution in [3.63, 3.8) is 0 Å². The predicted molar refractivity (Wildman–Crippen MR) is 82.5 cm³/mol. The van der Waals surface area contributed by atoms with E-state index >= 15 is 0 Å². The van der Waals surface area contributed by atoms with Gasteiger partial charge in [0.05, 0.1) is 12.7 Å².